The summed E-state index contributed by atoms with van der Waals surface area (Å²) in [7, 11) is 2.21. The van der Waals surface area contributed by atoms with Gasteiger partial charge in [0.05, 0.1) is 6.61 Å². The summed E-state index contributed by atoms with van der Waals surface area (Å²) in [6.45, 7) is 8.18. The van der Waals surface area contributed by atoms with Crippen LogP contribution in [0.1, 0.15) is 30.9 Å². The smallest absolute Gasteiger partial charge is 0.0506 e. The second-order valence-electron chi connectivity index (χ2n) is 5.88. The van der Waals surface area contributed by atoms with Crippen molar-refractivity contribution in [3.05, 3.63) is 35.4 Å². The van der Waals surface area contributed by atoms with Crippen LogP contribution in [0.4, 0.5) is 0 Å². The van der Waals surface area contributed by atoms with Crippen LogP contribution in [0.3, 0.4) is 0 Å². The van der Waals surface area contributed by atoms with Gasteiger partial charge in [0, 0.05) is 26.2 Å². The summed E-state index contributed by atoms with van der Waals surface area (Å²) in [6.07, 6.45) is 2.53. The minimum Gasteiger partial charge on any atom is -0.381 e. The zero-order valence-electron chi connectivity index (χ0n) is 12.9. The maximum absolute atomic E-state index is 5.55. The molecule has 112 valence electrons. The molecule has 1 aliphatic rings. The lowest BCUT2D eigenvalue weighted by atomic mass is 10.0. The summed E-state index contributed by atoms with van der Waals surface area (Å²) in [5.74, 6) is 0.710. The van der Waals surface area contributed by atoms with E-state index in [1.807, 2.05) is 0 Å². The number of nitrogens with zero attached hydrogens (tertiary/aromatic N) is 1. The minimum absolute atomic E-state index is 0.710. The van der Waals surface area contributed by atoms with Gasteiger partial charge in [-0.1, -0.05) is 31.2 Å². The van der Waals surface area contributed by atoms with Crippen molar-refractivity contribution in [2.75, 3.05) is 33.4 Å². The Labute approximate surface area is 123 Å². The van der Waals surface area contributed by atoms with Gasteiger partial charge in [0.15, 0.2) is 0 Å². The first-order valence-electron chi connectivity index (χ1n) is 7.82. The molecular formula is C17H28N2O. The van der Waals surface area contributed by atoms with E-state index >= 15 is 0 Å². The standard InChI is InChI=1S/C17H28N2O/c1-3-18-11-15-6-8-16(9-7-15)12-19(2)13-17-5-4-10-20-14-17/h6-9,17-18H,3-5,10-14H2,1-2H3. The molecule has 0 amide bonds. The number of rotatable bonds is 7. The van der Waals surface area contributed by atoms with Crippen molar-refractivity contribution in [1.29, 1.82) is 0 Å². The van der Waals surface area contributed by atoms with Crippen molar-refractivity contribution in [1.82, 2.24) is 10.2 Å². The third-order valence-electron chi connectivity index (χ3n) is 3.88. The number of nitrogens with one attached hydrogen (secondary N) is 1. The predicted octanol–water partition coefficient (Wildman–Crippen LogP) is 2.65. The van der Waals surface area contributed by atoms with E-state index in [0.717, 1.165) is 39.4 Å². The van der Waals surface area contributed by atoms with Crippen LogP contribution >= 0.6 is 0 Å². The molecule has 1 aromatic carbocycles. The molecule has 1 aromatic rings. The topological polar surface area (TPSA) is 24.5 Å². The molecule has 1 N–H and O–H groups in total. The molecule has 0 spiro atoms. The van der Waals surface area contributed by atoms with E-state index < -0.39 is 0 Å². The lowest BCUT2D eigenvalue weighted by Crippen LogP contribution is -2.30. The molecule has 3 nitrogen and oxygen atoms in total. The summed E-state index contributed by atoms with van der Waals surface area (Å²) in [5, 5.41) is 3.35. The number of ether oxygens (including phenoxy) is 1. The van der Waals surface area contributed by atoms with Gasteiger partial charge in [-0.15, -0.1) is 0 Å². The van der Waals surface area contributed by atoms with E-state index in [9.17, 15) is 0 Å². The summed E-state index contributed by atoms with van der Waals surface area (Å²) in [6, 6.07) is 8.96. The molecule has 0 bridgehead atoms. The molecule has 20 heavy (non-hydrogen) atoms. The fraction of sp³-hybridized carbons (Fsp3) is 0.647. The van der Waals surface area contributed by atoms with Crippen LogP contribution in [0.2, 0.25) is 0 Å². The van der Waals surface area contributed by atoms with Gasteiger partial charge < -0.3 is 15.0 Å². The molecule has 0 radical (unpaired) electrons. The maximum atomic E-state index is 5.55. The van der Waals surface area contributed by atoms with E-state index in [2.05, 4.69) is 48.5 Å². The highest BCUT2D eigenvalue weighted by Crippen LogP contribution is 2.15. The van der Waals surface area contributed by atoms with Gasteiger partial charge in [-0.3, -0.25) is 0 Å². The first kappa shape index (κ1) is 15.5. The Morgan fingerprint density at radius 2 is 2.00 bits per heavy atom. The molecule has 1 unspecified atom stereocenters. The van der Waals surface area contributed by atoms with Gasteiger partial charge in [-0.2, -0.15) is 0 Å². The highest BCUT2D eigenvalue weighted by molar-refractivity contribution is 5.22. The first-order valence-corrected chi connectivity index (χ1v) is 7.82. The lowest BCUT2D eigenvalue weighted by Gasteiger charge is -2.27. The summed E-state index contributed by atoms with van der Waals surface area (Å²) < 4.78 is 5.55. The molecule has 3 heteroatoms. The number of hydrogen-bond donors (Lipinski definition) is 1. The Hall–Kier alpha value is -0.900. The molecular weight excluding hydrogens is 248 g/mol. The Morgan fingerprint density at radius 1 is 1.25 bits per heavy atom. The number of benzene rings is 1. The SMILES string of the molecule is CCNCc1ccc(CN(C)CC2CCCOC2)cc1. The van der Waals surface area contributed by atoms with Crippen LogP contribution in [0.5, 0.6) is 0 Å². The monoisotopic (exact) mass is 276 g/mol. The fourth-order valence-corrected chi connectivity index (χ4v) is 2.80. The van der Waals surface area contributed by atoms with E-state index in [1.165, 1.54) is 24.0 Å². The van der Waals surface area contributed by atoms with Crippen molar-refractivity contribution >= 4 is 0 Å². The molecule has 0 aliphatic carbocycles. The first-order chi connectivity index (χ1) is 9.78. The highest BCUT2D eigenvalue weighted by Gasteiger charge is 2.15. The van der Waals surface area contributed by atoms with Crippen molar-refractivity contribution in [2.45, 2.75) is 32.9 Å². The third-order valence-corrected chi connectivity index (χ3v) is 3.88. The van der Waals surface area contributed by atoms with Crippen molar-refractivity contribution in [3.63, 3.8) is 0 Å². The molecule has 0 aromatic heterocycles. The summed E-state index contributed by atoms with van der Waals surface area (Å²) >= 11 is 0. The zero-order valence-corrected chi connectivity index (χ0v) is 12.9. The van der Waals surface area contributed by atoms with Crippen LogP contribution in [0, 0.1) is 5.92 Å². The third kappa shape index (κ3) is 5.23. The van der Waals surface area contributed by atoms with Crippen LogP contribution < -0.4 is 5.32 Å². The Kier molecular flexibility index (Phi) is 6.51. The predicted molar refractivity (Wildman–Crippen MR) is 83.7 cm³/mol. The van der Waals surface area contributed by atoms with E-state index in [4.69, 9.17) is 4.74 Å². The van der Waals surface area contributed by atoms with Gasteiger partial charge >= 0.3 is 0 Å². The van der Waals surface area contributed by atoms with Crippen LogP contribution in [-0.2, 0) is 17.8 Å². The second kappa shape index (κ2) is 8.40. The summed E-state index contributed by atoms with van der Waals surface area (Å²) in [5.41, 5.74) is 2.75. The molecule has 1 aliphatic heterocycles. The summed E-state index contributed by atoms with van der Waals surface area (Å²) in [4.78, 5) is 2.42. The van der Waals surface area contributed by atoms with E-state index in [0.29, 0.717) is 5.92 Å². The lowest BCUT2D eigenvalue weighted by molar-refractivity contribution is 0.0411. The largest absolute Gasteiger partial charge is 0.381 e. The molecule has 1 heterocycles. The average molecular weight is 276 g/mol. The van der Waals surface area contributed by atoms with E-state index in [1.54, 1.807) is 0 Å². The fourth-order valence-electron chi connectivity index (χ4n) is 2.80. The average Bonchev–Trinajstić information content (AvgIpc) is 2.47. The Balaban J connectivity index is 1.76. The zero-order chi connectivity index (χ0) is 14.2. The molecule has 2 rings (SSSR count). The molecule has 1 saturated heterocycles. The van der Waals surface area contributed by atoms with Crippen molar-refractivity contribution in [3.8, 4) is 0 Å². The quantitative estimate of drug-likeness (QED) is 0.828. The Morgan fingerprint density at radius 3 is 2.65 bits per heavy atom. The number of hydrogen-bond acceptors (Lipinski definition) is 3. The Bertz CT molecular complexity index is 371. The van der Waals surface area contributed by atoms with Gasteiger partial charge in [0.2, 0.25) is 0 Å². The normalized spacial score (nSPS) is 19.4. The van der Waals surface area contributed by atoms with Gasteiger partial charge in [0.1, 0.15) is 0 Å². The van der Waals surface area contributed by atoms with Crippen molar-refractivity contribution in [2.24, 2.45) is 5.92 Å². The van der Waals surface area contributed by atoms with E-state index in [-0.39, 0.29) is 0 Å². The molecule has 1 fully saturated rings. The molecule has 1 atom stereocenters. The van der Waals surface area contributed by atoms with Gasteiger partial charge in [0.25, 0.3) is 0 Å². The van der Waals surface area contributed by atoms with Crippen LogP contribution in [-0.4, -0.2) is 38.3 Å². The second-order valence-corrected chi connectivity index (χ2v) is 5.88. The highest BCUT2D eigenvalue weighted by atomic mass is 16.5. The van der Waals surface area contributed by atoms with Crippen molar-refractivity contribution < 1.29 is 4.74 Å². The van der Waals surface area contributed by atoms with Gasteiger partial charge in [-0.05, 0) is 43.5 Å². The van der Waals surface area contributed by atoms with Crippen LogP contribution in [0.15, 0.2) is 24.3 Å². The van der Waals surface area contributed by atoms with Crippen LogP contribution in [0.25, 0.3) is 0 Å². The van der Waals surface area contributed by atoms with Gasteiger partial charge in [-0.25, -0.2) is 0 Å². The molecule has 0 saturated carbocycles. The minimum atomic E-state index is 0.710. The maximum Gasteiger partial charge on any atom is 0.0506 e.